The van der Waals surface area contributed by atoms with Crippen LogP contribution in [0.15, 0.2) is 36.4 Å². The molecule has 0 radical (unpaired) electrons. The molecule has 55 heavy (non-hydrogen) atoms. The molecule has 0 aromatic heterocycles. The zero-order valence-corrected chi connectivity index (χ0v) is 35.8. The molecule has 0 N–H and O–H groups in total. The van der Waals surface area contributed by atoms with Crippen molar-refractivity contribution in [1.82, 2.24) is 9.80 Å². The maximum atomic E-state index is 12.8. The van der Waals surface area contributed by atoms with Gasteiger partial charge in [0.2, 0.25) is 0 Å². The highest BCUT2D eigenvalue weighted by Gasteiger charge is 2.25. The number of methoxy groups -OCH3 is 1. The molecule has 0 atom stereocenters. The minimum Gasteiger partial charge on any atom is -0.496 e. The molecule has 0 saturated heterocycles. The van der Waals surface area contributed by atoms with E-state index < -0.39 is 0 Å². The zero-order chi connectivity index (χ0) is 40.9. The normalized spacial score (nSPS) is 14.4. The summed E-state index contributed by atoms with van der Waals surface area (Å²) in [6.45, 7) is 20.6. The van der Waals surface area contributed by atoms with E-state index in [-0.39, 0.29) is 80.9 Å². The summed E-state index contributed by atoms with van der Waals surface area (Å²) < 4.78 is 38.3. The van der Waals surface area contributed by atoms with Crippen LogP contribution >= 0.6 is 0 Å². The third kappa shape index (κ3) is 11.5. The number of amides is 2. The SMILES string of the molecule is COc1c2cc(C(C)(C)C)cc1COCc1cc(C(C)(C)C)cc(c1OCC(=O)N(C)C)COCc1cc(C(C)(C)C)cc(c1OCC(=O)N(C)C)COC2. The van der Waals surface area contributed by atoms with E-state index in [1.165, 1.54) is 9.80 Å². The maximum Gasteiger partial charge on any atom is 0.259 e. The molecule has 0 aliphatic carbocycles. The van der Waals surface area contributed by atoms with Crippen molar-refractivity contribution < 1.29 is 38.0 Å². The van der Waals surface area contributed by atoms with Crippen LogP contribution in [0.4, 0.5) is 0 Å². The first-order valence-corrected chi connectivity index (χ1v) is 19.0. The van der Waals surface area contributed by atoms with Gasteiger partial charge in [0.1, 0.15) is 17.2 Å². The van der Waals surface area contributed by atoms with Crippen molar-refractivity contribution in [3.63, 3.8) is 0 Å². The molecule has 3 aromatic rings. The summed E-state index contributed by atoms with van der Waals surface area (Å²) in [7, 11) is 8.51. The molecule has 0 spiro atoms. The Morgan fingerprint density at radius 3 is 0.927 bits per heavy atom. The summed E-state index contributed by atoms with van der Waals surface area (Å²) in [4.78, 5) is 28.7. The molecule has 10 nitrogen and oxygen atoms in total. The summed E-state index contributed by atoms with van der Waals surface area (Å²) >= 11 is 0. The van der Waals surface area contributed by atoms with E-state index in [0.717, 1.165) is 50.1 Å². The standard InChI is InChI=1S/C45H64N2O8/c1-43(2,3)35-15-29-21-51-23-31-17-36(44(4,5)6)19-33(41(31)54-27-38(48)46(10)11)25-53-26-34-20-37(45(7,8)9)18-32(42(34)55-28-39(49)47(12)13)24-52-22-30(16-35)40(29)50-14/h15-20H,21-28H2,1-14H3. The summed E-state index contributed by atoms with van der Waals surface area (Å²) in [5, 5.41) is 0. The third-order valence-corrected chi connectivity index (χ3v) is 9.75. The second kappa shape index (κ2) is 17.8. The van der Waals surface area contributed by atoms with Gasteiger partial charge in [-0.15, -0.1) is 0 Å². The number of benzene rings is 3. The second-order valence-electron chi connectivity index (χ2n) is 18.0. The molecule has 4 rings (SSSR count). The predicted octanol–water partition coefficient (Wildman–Crippen LogP) is 7.99. The van der Waals surface area contributed by atoms with Gasteiger partial charge in [0.25, 0.3) is 11.8 Å². The lowest BCUT2D eigenvalue weighted by atomic mass is 9.84. The number of nitrogens with zero attached hydrogens (tertiary/aromatic N) is 2. The van der Waals surface area contributed by atoms with Gasteiger partial charge in [-0.1, -0.05) is 62.3 Å². The third-order valence-electron chi connectivity index (χ3n) is 9.75. The average Bonchev–Trinajstić information content (AvgIpc) is 3.08. The number of hydrogen-bond donors (Lipinski definition) is 0. The van der Waals surface area contributed by atoms with Crippen molar-refractivity contribution in [3.8, 4) is 17.2 Å². The summed E-state index contributed by atoms with van der Waals surface area (Å²) in [5.41, 5.74) is 7.78. The van der Waals surface area contributed by atoms with E-state index in [9.17, 15) is 9.59 Å². The Bertz CT molecular complexity index is 1710. The fraction of sp³-hybridized carbons (Fsp3) is 0.556. The van der Waals surface area contributed by atoms with Crippen LogP contribution in [0.25, 0.3) is 0 Å². The molecule has 302 valence electrons. The second-order valence-corrected chi connectivity index (χ2v) is 18.0. The summed E-state index contributed by atoms with van der Waals surface area (Å²) in [5.74, 6) is 1.51. The quantitative estimate of drug-likeness (QED) is 0.239. The first kappa shape index (κ1) is 43.6. The minimum atomic E-state index is -0.201. The highest BCUT2D eigenvalue weighted by Crippen LogP contribution is 2.38. The van der Waals surface area contributed by atoms with Gasteiger partial charge in [0.05, 0.1) is 46.8 Å². The lowest BCUT2D eigenvalue weighted by Crippen LogP contribution is -2.28. The average molecular weight is 761 g/mol. The van der Waals surface area contributed by atoms with Crippen molar-refractivity contribution in [2.24, 2.45) is 0 Å². The maximum absolute atomic E-state index is 12.8. The monoisotopic (exact) mass is 760 g/mol. The molecule has 0 unspecified atom stereocenters. The fourth-order valence-electron chi connectivity index (χ4n) is 6.18. The van der Waals surface area contributed by atoms with Crippen LogP contribution in [0.3, 0.4) is 0 Å². The molecular formula is C45H64N2O8. The largest absolute Gasteiger partial charge is 0.496 e. The van der Waals surface area contributed by atoms with E-state index in [0.29, 0.717) is 17.2 Å². The molecule has 6 bridgehead atoms. The first-order chi connectivity index (χ1) is 25.6. The van der Waals surface area contributed by atoms with Gasteiger partial charge < -0.3 is 38.2 Å². The van der Waals surface area contributed by atoms with Crippen LogP contribution < -0.4 is 14.2 Å². The van der Waals surface area contributed by atoms with Gasteiger partial charge in [0.15, 0.2) is 13.2 Å². The predicted molar refractivity (Wildman–Crippen MR) is 216 cm³/mol. The van der Waals surface area contributed by atoms with E-state index in [1.54, 1.807) is 35.3 Å². The molecule has 3 aromatic carbocycles. The van der Waals surface area contributed by atoms with Crippen LogP contribution in [-0.4, -0.2) is 70.1 Å². The number of likely N-dealkylation sites (N-methyl/N-ethyl adjacent to an activating group) is 2. The number of rotatable bonds is 7. The lowest BCUT2D eigenvalue weighted by molar-refractivity contribution is -0.131. The molecule has 0 fully saturated rings. The van der Waals surface area contributed by atoms with Crippen LogP contribution in [0.2, 0.25) is 0 Å². The molecule has 2 amide bonds. The Morgan fingerprint density at radius 2 is 0.727 bits per heavy atom. The van der Waals surface area contributed by atoms with Crippen molar-refractivity contribution >= 4 is 11.8 Å². The van der Waals surface area contributed by atoms with Crippen molar-refractivity contribution in [3.05, 3.63) is 86.5 Å². The fourth-order valence-corrected chi connectivity index (χ4v) is 6.18. The number of carbonyl (C=O) groups excluding carboxylic acids is 2. The van der Waals surface area contributed by atoms with Gasteiger partial charge in [-0.3, -0.25) is 9.59 Å². The smallest absolute Gasteiger partial charge is 0.259 e. The van der Waals surface area contributed by atoms with E-state index in [1.807, 2.05) is 0 Å². The number of fused-ring (bicyclic) bond motifs is 6. The van der Waals surface area contributed by atoms with E-state index in [4.69, 9.17) is 28.4 Å². The Morgan fingerprint density at radius 1 is 0.491 bits per heavy atom. The van der Waals surface area contributed by atoms with Gasteiger partial charge in [-0.2, -0.15) is 0 Å². The van der Waals surface area contributed by atoms with Gasteiger partial charge >= 0.3 is 0 Å². The number of carbonyl (C=O) groups is 2. The molecule has 1 heterocycles. The summed E-state index contributed by atoms with van der Waals surface area (Å²) in [6, 6.07) is 12.7. The molecule has 10 heteroatoms. The Balaban J connectivity index is 1.96. The van der Waals surface area contributed by atoms with Gasteiger partial charge in [0, 0.05) is 61.6 Å². The van der Waals surface area contributed by atoms with Crippen LogP contribution in [0.1, 0.15) is 112 Å². The number of hydrogen-bond acceptors (Lipinski definition) is 8. The van der Waals surface area contributed by atoms with Crippen LogP contribution in [0, 0.1) is 0 Å². The number of ether oxygens (including phenoxy) is 6. The van der Waals surface area contributed by atoms with Gasteiger partial charge in [-0.05, 0) is 69.3 Å². The lowest BCUT2D eigenvalue weighted by Gasteiger charge is -2.26. The van der Waals surface area contributed by atoms with E-state index in [2.05, 4.69) is 98.7 Å². The highest BCUT2D eigenvalue weighted by molar-refractivity contribution is 5.77. The van der Waals surface area contributed by atoms with E-state index >= 15 is 0 Å². The van der Waals surface area contributed by atoms with Crippen molar-refractivity contribution in [2.75, 3.05) is 48.5 Å². The molecular weight excluding hydrogens is 697 g/mol. The Kier molecular flexibility index (Phi) is 14.1. The van der Waals surface area contributed by atoms with Crippen molar-refractivity contribution in [1.29, 1.82) is 0 Å². The van der Waals surface area contributed by atoms with Gasteiger partial charge in [-0.25, -0.2) is 0 Å². The molecule has 1 aliphatic heterocycles. The topological polar surface area (TPSA) is 96.0 Å². The minimum absolute atomic E-state index is 0.137. The summed E-state index contributed by atoms with van der Waals surface area (Å²) in [6.07, 6.45) is 0. The highest BCUT2D eigenvalue weighted by atomic mass is 16.5. The van der Waals surface area contributed by atoms with Crippen LogP contribution in [0.5, 0.6) is 17.2 Å². The van der Waals surface area contributed by atoms with Crippen molar-refractivity contribution in [2.45, 2.75) is 118 Å². The molecule has 1 aliphatic rings. The first-order valence-electron chi connectivity index (χ1n) is 19.0. The van der Waals surface area contributed by atoms with Crippen LogP contribution in [-0.2, 0) is 79.7 Å². The Hall–Kier alpha value is -4.12. The Labute approximate surface area is 329 Å². The zero-order valence-electron chi connectivity index (χ0n) is 35.8. The molecule has 0 saturated carbocycles.